The molecule has 0 radical (unpaired) electrons. The number of benzene rings is 2. The third-order valence-corrected chi connectivity index (χ3v) is 7.01. The molecule has 2 amide bonds. The fourth-order valence-electron chi connectivity index (χ4n) is 3.43. The van der Waals surface area contributed by atoms with Crippen LogP contribution in [-0.4, -0.2) is 37.6 Å². The number of hydrogen-bond acceptors (Lipinski definition) is 4. The van der Waals surface area contributed by atoms with Crippen molar-refractivity contribution < 1.29 is 26.8 Å². The van der Waals surface area contributed by atoms with E-state index in [2.05, 4.69) is 5.32 Å². The predicted octanol–water partition coefficient (Wildman–Crippen LogP) is 2.41. The molecule has 7 nitrogen and oxygen atoms in total. The van der Waals surface area contributed by atoms with Crippen LogP contribution in [-0.2, 0) is 14.8 Å². The minimum absolute atomic E-state index is 0.00993. The van der Waals surface area contributed by atoms with Crippen molar-refractivity contribution in [2.24, 2.45) is 11.7 Å². The number of nitrogens with one attached hydrogen (secondary N) is 1. The van der Waals surface area contributed by atoms with Crippen molar-refractivity contribution in [3.63, 3.8) is 0 Å². The molecule has 160 valence electrons. The van der Waals surface area contributed by atoms with E-state index in [0.29, 0.717) is 22.9 Å². The number of carbonyl (C=O) groups is 2. The van der Waals surface area contributed by atoms with Crippen LogP contribution in [0, 0.1) is 24.5 Å². The van der Waals surface area contributed by atoms with E-state index in [4.69, 9.17) is 5.73 Å². The first-order valence-corrected chi connectivity index (χ1v) is 10.7. The summed E-state index contributed by atoms with van der Waals surface area (Å²) in [4.78, 5) is 23.1. The summed E-state index contributed by atoms with van der Waals surface area (Å²) >= 11 is 0. The van der Waals surface area contributed by atoms with Gasteiger partial charge in [0.15, 0.2) is 0 Å². The van der Waals surface area contributed by atoms with Gasteiger partial charge in [0.1, 0.15) is 16.5 Å². The Balaban J connectivity index is 1.65. The molecule has 0 aromatic heterocycles. The number of hydrogen-bond donors (Lipinski definition) is 2. The van der Waals surface area contributed by atoms with Crippen LogP contribution >= 0.6 is 0 Å². The molecule has 1 saturated heterocycles. The largest absolute Gasteiger partial charge is 0.366 e. The number of halogens is 2. The molecule has 0 aliphatic carbocycles. The zero-order valence-corrected chi connectivity index (χ0v) is 17.0. The van der Waals surface area contributed by atoms with E-state index >= 15 is 0 Å². The Labute approximate surface area is 172 Å². The maximum Gasteiger partial charge on any atom is 0.248 e. The van der Waals surface area contributed by atoms with Crippen molar-refractivity contribution >= 4 is 27.5 Å². The molecule has 3 rings (SSSR count). The SMILES string of the molecule is Cc1cc(NC(=O)C2CCN(S(=O)(=O)c3cc(F)ccc3F)CC2)ccc1C(N)=O. The number of amides is 2. The van der Waals surface area contributed by atoms with Gasteiger partial charge in [-0.3, -0.25) is 9.59 Å². The van der Waals surface area contributed by atoms with Gasteiger partial charge in [0.05, 0.1) is 0 Å². The summed E-state index contributed by atoms with van der Waals surface area (Å²) in [6.45, 7) is 1.72. The Morgan fingerprint density at radius 2 is 1.77 bits per heavy atom. The highest BCUT2D eigenvalue weighted by molar-refractivity contribution is 7.89. The zero-order valence-electron chi connectivity index (χ0n) is 16.2. The molecule has 1 fully saturated rings. The van der Waals surface area contributed by atoms with Crippen molar-refractivity contribution in [3.05, 3.63) is 59.2 Å². The highest BCUT2D eigenvalue weighted by Gasteiger charge is 2.33. The van der Waals surface area contributed by atoms with E-state index in [1.807, 2.05) is 0 Å². The number of aryl methyl sites for hydroxylation is 1. The van der Waals surface area contributed by atoms with Crippen molar-refractivity contribution in [1.29, 1.82) is 0 Å². The summed E-state index contributed by atoms with van der Waals surface area (Å²) in [5.74, 6) is -3.15. The first-order chi connectivity index (χ1) is 14.1. The van der Waals surface area contributed by atoms with Crippen LogP contribution < -0.4 is 11.1 Å². The predicted molar refractivity (Wildman–Crippen MR) is 106 cm³/mol. The first-order valence-electron chi connectivity index (χ1n) is 9.26. The number of piperidine rings is 1. The first kappa shape index (κ1) is 21.8. The van der Waals surface area contributed by atoms with Gasteiger partial charge in [-0.25, -0.2) is 17.2 Å². The lowest BCUT2D eigenvalue weighted by atomic mass is 9.97. The molecule has 1 heterocycles. The lowest BCUT2D eigenvalue weighted by molar-refractivity contribution is -0.120. The van der Waals surface area contributed by atoms with Crippen LogP contribution in [0.25, 0.3) is 0 Å². The third-order valence-electron chi connectivity index (χ3n) is 5.10. The van der Waals surface area contributed by atoms with Crippen LogP contribution in [0.4, 0.5) is 14.5 Å². The molecule has 30 heavy (non-hydrogen) atoms. The van der Waals surface area contributed by atoms with Crippen LogP contribution in [0.15, 0.2) is 41.3 Å². The van der Waals surface area contributed by atoms with E-state index in [0.717, 1.165) is 16.4 Å². The summed E-state index contributed by atoms with van der Waals surface area (Å²) in [6.07, 6.45) is 0.473. The molecule has 0 unspecified atom stereocenters. The number of nitrogens with two attached hydrogens (primary N) is 1. The average Bonchev–Trinajstić information content (AvgIpc) is 2.69. The van der Waals surface area contributed by atoms with E-state index in [1.54, 1.807) is 19.1 Å². The molecule has 2 aromatic rings. The Hall–Kier alpha value is -2.85. The van der Waals surface area contributed by atoms with Gasteiger partial charge in [-0.2, -0.15) is 4.31 Å². The van der Waals surface area contributed by atoms with Crippen molar-refractivity contribution in [2.75, 3.05) is 18.4 Å². The summed E-state index contributed by atoms with van der Waals surface area (Å²) < 4.78 is 53.6. The number of nitrogens with zero attached hydrogens (tertiary/aromatic N) is 1. The van der Waals surface area contributed by atoms with Crippen LogP contribution in [0.2, 0.25) is 0 Å². The van der Waals surface area contributed by atoms with E-state index in [-0.39, 0.29) is 31.8 Å². The zero-order chi connectivity index (χ0) is 22.1. The van der Waals surface area contributed by atoms with Gasteiger partial charge in [-0.05, 0) is 61.7 Å². The van der Waals surface area contributed by atoms with Crippen LogP contribution in [0.5, 0.6) is 0 Å². The molecule has 0 spiro atoms. The second-order valence-corrected chi connectivity index (χ2v) is 9.04. The van der Waals surface area contributed by atoms with E-state index in [1.165, 1.54) is 6.07 Å². The molecule has 0 atom stereocenters. The topological polar surface area (TPSA) is 110 Å². The number of carbonyl (C=O) groups excluding carboxylic acids is 2. The summed E-state index contributed by atoms with van der Waals surface area (Å²) in [5, 5.41) is 2.75. The van der Waals surface area contributed by atoms with E-state index < -0.39 is 38.4 Å². The van der Waals surface area contributed by atoms with Gasteiger partial charge in [0.2, 0.25) is 21.8 Å². The molecule has 10 heteroatoms. The fraction of sp³-hybridized carbons (Fsp3) is 0.300. The normalized spacial score (nSPS) is 15.7. The summed E-state index contributed by atoms with van der Waals surface area (Å²) in [7, 11) is -4.20. The minimum atomic E-state index is -4.20. The molecule has 0 saturated carbocycles. The molecule has 1 aliphatic rings. The van der Waals surface area contributed by atoms with Gasteiger partial charge >= 0.3 is 0 Å². The molecule has 3 N–H and O–H groups in total. The minimum Gasteiger partial charge on any atom is -0.366 e. The second kappa shape index (κ2) is 8.49. The van der Waals surface area contributed by atoms with Crippen molar-refractivity contribution in [1.82, 2.24) is 4.31 Å². The quantitative estimate of drug-likeness (QED) is 0.749. The van der Waals surface area contributed by atoms with Crippen molar-refractivity contribution in [3.8, 4) is 0 Å². The average molecular weight is 437 g/mol. The molecule has 1 aliphatic heterocycles. The fourth-order valence-corrected chi connectivity index (χ4v) is 4.98. The Morgan fingerprint density at radius 1 is 1.10 bits per heavy atom. The number of primary amides is 1. The third kappa shape index (κ3) is 4.49. The number of sulfonamides is 1. The smallest absolute Gasteiger partial charge is 0.248 e. The van der Waals surface area contributed by atoms with Gasteiger partial charge in [-0.15, -0.1) is 0 Å². The Morgan fingerprint density at radius 3 is 2.37 bits per heavy atom. The summed E-state index contributed by atoms with van der Waals surface area (Å²) in [5.41, 5.74) is 6.75. The van der Waals surface area contributed by atoms with Crippen LogP contribution in [0.3, 0.4) is 0 Å². The van der Waals surface area contributed by atoms with Crippen molar-refractivity contribution in [2.45, 2.75) is 24.7 Å². The van der Waals surface area contributed by atoms with Gasteiger partial charge in [0, 0.05) is 30.3 Å². The maximum atomic E-state index is 13.9. The standard InChI is InChI=1S/C20H21F2N3O4S/c1-12-10-15(3-4-16(12)19(23)26)24-20(27)13-6-8-25(9-7-13)30(28,29)18-11-14(21)2-5-17(18)22/h2-5,10-11,13H,6-9H2,1H3,(H2,23,26)(H,24,27). The Kier molecular flexibility index (Phi) is 6.18. The lowest BCUT2D eigenvalue weighted by Gasteiger charge is -2.30. The van der Waals surface area contributed by atoms with Gasteiger partial charge < -0.3 is 11.1 Å². The van der Waals surface area contributed by atoms with Gasteiger partial charge in [-0.1, -0.05) is 0 Å². The second-order valence-electron chi connectivity index (χ2n) is 7.14. The monoisotopic (exact) mass is 437 g/mol. The maximum absolute atomic E-state index is 13.9. The highest BCUT2D eigenvalue weighted by atomic mass is 32.2. The highest BCUT2D eigenvalue weighted by Crippen LogP contribution is 2.27. The number of rotatable bonds is 5. The van der Waals surface area contributed by atoms with Crippen LogP contribution in [0.1, 0.15) is 28.8 Å². The van der Waals surface area contributed by atoms with E-state index in [9.17, 15) is 26.8 Å². The summed E-state index contributed by atoms with van der Waals surface area (Å²) in [6, 6.07) is 7.00. The van der Waals surface area contributed by atoms with Gasteiger partial charge in [0.25, 0.3) is 0 Å². The number of anilines is 1. The lowest BCUT2D eigenvalue weighted by Crippen LogP contribution is -2.41. The molecular weight excluding hydrogens is 416 g/mol. The Bertz CT molecular complexity index is 1100. The molecule has 0 bridgehead atoms. The molecule has 2 aromatic carbocycles. The molecular formula is C20H21F2N3O4S.